The maximum atomic E-state index is 10.4. The maximum absolute atomic E-state index is 10.4. The lowest BCUT2D eigenvalue weighted by atomic mass is 10.2. The Hall–Kier alpha value is -1.42. The number of nitriles is 1. The van der Waals surface area contributed by atoms with Crippen molar-refractivity contribution in [3.05, 3.63) is 29.8 Å². The summed E-state index contributed by atoms with van der Waals surface area (Å²) in [4.78, 5) is 1.33. The summed E-state index contributed by atoms with van der Waals surface area (Å²) >= 11 is 0. The molecule has 0 saturated carbocycles. The Balaban J connectivity index is 0. The molecule has 1 aromatic rings. The Morgan fingerprint density at radius 1 is 1.26 bits per heavy atom. The highest BCUT2D eigenvalue weighted by Crippen LogP contribution is 2.08. The summed E-state index contributed by atoms with van der Waals surface area (Å²) < 4.78 is 31.2. The van der Waals surface area contributed by atoms with E-state index in [0.717, 1.165) is 5.56 Å². The molecule has 0 aromatic heterocycles. The summed E-state index contributed by atoms with van der Waals surface area (Å²) in [5.41, 5.74) is 0.928. The SMILES string of the molecule is CC#N.CC[NH+](C)C.Cc1ccc(S(=O)(=O)[O-])cc1. The molecule has 0 aliphatic carbocycles. The quantitative estimate of drug-likeness (QED) is 0.806. The van der Waals surface area contributed by atoms with Gasteiger partial charge in [-0.2, -0.15) is 5.26 Å². The average Bonchev–Trinajstić information content (AvgIpc) is 2.30. The number of nitrogens with zero attached hydrogens (tertiary/aromatic N) is 1. The summed E-state index contributed by atoms with van der Waals surface area (Å²) in [5.74, 6) is 0. The van der Waals surface area contributed by atoms with E-state index in [2.05, 4.69) is 21.0 Å². The van der Waals surface area contributed by atoms with Gasteiger partial charge in [0, 0.05) is 6.92 Å². The Morgan fingerprint density at radius 3 is 1.79 bits per heavy atom. The van der Waals surface area contributed by atoms with Crippen LogP contribution in [0.3, 0.4) is 0 Å². The van der Waals surface area contributed by atoms with Gasteiger partial charge in [0.25, 0.3) is 0 Å². The van der Waals surface area contributed by atoms with E-state index in [0.29, 0.717) is 0 Å². The summed E-state index contributed by atoms with van der Waals surface area (Å²) in [6.07, 6.45) is 0. The van der Waals surface area contributed by atoms with Crippen LogP contribution < -0.4 is 4.90 Å². The van der Waals surface area contributed by atoms with Crippen molar-refractivity contribution in [2.24, 2.45) is 0 Å². The Bertz CT molecular complexity index is 474. The molecule has 0 spiro atoms. The van der Waals surface area contributed by atoms with Crippen molar-refractivity contribution in [3.8, 4) is 6.07 Å². The van der Waals surface area contributed by atoms with E-state index in [1.54, 1.807) is 18.2 Å². The molecule has 0 aliphatic rings. The molecular formula is C13H22N2O3S. The first-order chi connectivity index (χ1) is 8.68. The first kappa shape index (κ1) is 19.9. The van der Waals surface area contributed by atoms with E-state index in [-0.39, 0.29) is 4.90 Å². The molecule has 0 saturated heterocycles. The Kier molecular flexibility index (Phi) is 11.0. The molecule has 0 atom stereocenters. The summed E-state index contributed by atoms with van der Waals surface area (Å²) in [7, 11) is 0.00819. The highest BCUT2D eigenvalue weighted by molar-refractivity contribution is 7.85. The molecular weight excluding hydrogens is 264 g/mol. The van der Waals surface area contributed by atoms with Crippen molar-refractivity contribution in [3.63, 3.8) is 0 Å². The predicted molar refractivity (Wildman–Crippen MR) is 73.8 cm³/mol. The molecule has 0 unspecified atom stereocenters. The molecule has 1 N–H and O–H groups in total. The number of aryl methyl sites for hydroxylation is 1. The monoisotopic (exact) mass is 286 g/mol. The van der Waals surface area contributed by atoms with Crippen LogP contribution in [0.25, 0.3) is 0 Å². The van der Waals surface area contributed by atoms with Crippen LogP contribution in [0.2, 0.25) is 0 Å². The third-order valence-electron chi connectivity index (χ3n) is 2.02. The predicted octanol–water partition coefficient (Wildman–Crippen LogP) is 0.580. The smallest absolute Gasteiger partial charge is 0.124 e. The number of benzene rings is 1. The van der Waals surface area contributed by atoms with Crippen molar-refractivity contribution < 1.29 is 17.9 Å². The zero-order valence-corrected chi connectivity index (χ0v) is 12.9. The fourth-order valence-electron chi connectivity index (χ4n) is 0.705. The fraction of sp³-hybridized carbons (Fsp3) is 0.462. The topological polar surface area (TPSA) is 85.4 Å². The normalized spacial score (nSPS) is 9.58. The van der Waals surface area contributed by atoms with Crippen LogP contribution in [-0.4, -0.2) is 33.6 Å². The van der Waals surface area contributed by atoms with Crippen LogP contribution in [0.15, 0.2) is 29.2 Å². The molecule has 1 rings (SSSR count). The third kappa shape index (κ3) is 12.8. The van der Waals surface area contributed by atoms with Gasteiger partial charge < -0.3 is 9.45 Å². The largest absolute Gasteiger partial charge is 0.744 e. The van der Waals surface area contributed by atoms with Gasteiger partial charge in [0.1, 0.15) is 10.1 Å². The van der Waals surface area contributed by atoms with Crippen LogP contribution in [0.1, 0.15) is 19.4 Å². The number of hydrogen-bond donors (Lipinski definition) is 1. The summed E-state index contributed by atoms with van der Waals surface area (Å²) in [5, 5.41) is 7.32. The molecule has 5 nitrogen and oxygen atoms in total. The van der Waals surface area contributed by atoms with Crippen LogP contribution >= 0.6 is 0 Å². The highest BCUT2D eigenvalue weighted by Gasteiger charge is 1.97. The summed E-state index contributed by atoms with van der Waals surface area (Å²) in [6.45, 7) is 6.64. The first-order valence-electron chi connectivity index (χ1n) is 5.81. The van der Waals surface area contributed by atoms with Gasteiger partial charge >= 0.3 is 0 Å². The van der Waals surface area contributed by atoms with E-state index >= 15 is 0 Å². The van der Waals surface area contributed by atoms with Crippen molar-refractivity contribution in [2.45, 2.75) is 25.7 Å². The van der Waals surface area contributed by atoms with E-state index in [4.69, 9.17) is 5.26 Å². The number of rotatable bonds is 2. The van der Waals surface area contributed by atoms with Crippen LogP contribution in [-0.2, 0) is 10.1 Å². The highest BCUT2D eigenvalue weighted by atomic mass is 32.2. The van der Waals surface area contributed by atoms with Crippen molar-refractivity contribution in [1.29, 1.82) is 5.26 Å². The Labute approximate surface area is 116 Å². The summed E-state index contributed by atoms with van der Waals surface area (Å²) in [6, 6.07) is 7.53. The van der Waals surface area contributed by atoms with Gasteiger partial charge in [-0.15, -0.1) is 0 Å². The lowest BCUT2D eigenvalue weighted by Crippen LogP contribution is -3.05. The molecule has 0 radical (unpaired) electrons. The minimum Gasteiger partial charge on any atom is -0.744 e. The molecule has 6 heteroatoms. The maximum Gasteiger partial charge on any atom is 0.124 e. The van der Waals surface area contributed by atoms with Crippen molar-refractivity contribution in [2.75, 3.05) is 20.6 Å². The van der Waals surface area contributed by atoms with Gasteiger partial charge in [-0.1, -0.05) is 17.7 Å². The van der Waals surface area contributed by atoms with E-state index < -0.39 is 10.1 Å². The van der Waals surface area contributed by atoms with E-state index in [9.17, 15) is 13.0 Å². The lowest BCUT2D eigenvalue weighted by molar-refractivity contribution is -0.856. The fourth-order valence-corrected chi connectivity index (χ4v) is 1.17. The molecule has 0 fully saturated rings. The lowest BCUT2D eigenvalue weighted by Gasteiger charge is -2.05. The molecule has 0 amide bonds. The zero-order valence-electron chi connectivity index (χ0n) is 12.1. The molecule has 0 heterocycles. The van der Waals surface area contributed by atoms with Crippen molar-refractivity contribution >= 4 is 10.1 Å². The molecule has 0 bridgehead atoms. The van der Waals surface area contributed by atoms with E-state index in [1.165, 1.54) is 30.5 Å². The number of nitrogens with one attached hydrogen (secondary N) is 1. The first-order valence-corrected chi connectivity index (χ1v) is 7.22. The zero-order chi connectivity index (χ0) is 15.5. The second kappa shape index (κ2) is 10.5. The van der Waals surface area contributed by atoms with Crippen LogP contribution in [0, 0.1) is 18.3 Å². The minimum absolute atomic E-state index is 0.178. The second-order valence-electron chi connectivity index (χ2n) is 4.05. The molecule has 0 aliphatic heterocycles. The standard InChI is InChI=1S/C7H8O3S.C4H11N.C2H3N/c1-6-2-4-7(5-3-6)11(8,9)10;1-4-5(2)3;1-2-3/h2-5H,1H3,(H,8,9,10);4H2,1-3H3;1H3. The van der Waals surface area contributed by atoms with Crippen LogP contribution in [0.4, 0.5) is 0 Å². The van der Waals surface area contributed by atoms with Gasteiger partial charge in [-0.3, -0.25) is 0 Å². The number of hydrogen-bond acceptors (Lipinski definition) is 4. The Morgan fingerprint density at radius 2 is 1.58 bits per heavy atom. The molecule has 108 valence electrons. The second-order valence-corrected chi connectivity index (χ2v) is 5.43. The van der Waals surface area contributed by atoms with Gasteiger partial charge in [0.2, 0.25) is 0 Å². The number of quaternary nitrogens is 1. The van der Waals surface area contributed by atoms with Gasteiger partial charge in [0.15, 0.2) is 0 Å². The van der Waals surface area contributed by atoms with Gasteiger partial charge in [-0.05, 0) is 26.0 Å². The molecule has 1 aromatic carbocycles. The third-order valence-corrected chi connectivity index (χ3v) is 2.87. The minimum atomic E-state index is -4.27. The average molecular weight is 286 g/mol. The van der Waals surface area contributed by atoms with Gasteiger partial charge in [-0.25, -0.2) is 8.42 Å². The van der Waals surface area contributed by atoms with Gasteiger partial charge in [0.05, 0.1) is 31.6 Å². The van der Waals surface area contributed by atoms with Crippen LogP contribution in [0.5, 0.6) is 0 Å². The molecule has 19 heavy (non-hydrogen) atoms. The van der Waals surface area contributed by atoms with E-state index in [1.807, 2.05) is 6.92 Å². The van der Waals surface area contributed by atoms with Crippen molar-refractivity contribution in [1.82, 2.24) is 0 Å².